The summed E-state index contributed by atoms with van der Waals surface area (Å²) in [4.78, 5) is 32.6. The van der Waals surface area contributed by atoms with E-state index in [0.717, 1.165) is 13.0 Å². The lowest BCUT2D eigenvalue weighted by atomic mass is 10.2. The van der Waals surface area contributed by atoms with E-state index in [-0.39, 0.29) is 22.8 Å². The lowest BCUT2D eigenvalue weighted by Gasteiger charge is -2.17. The fourth-order valence-corrected chi connectivity index (χ4v) is 4.41. The van der Waals surface area contributed by atoms with Crippen molar-refractivity contribution >= 4 is 28.9 Å². The number of amides is 1. The van der Waals surface area contributed by atoms with E-state index in [9.17, 15) is 14.0 Å². The summed E-state index contributed by atoms with van der Waals surface area (Å²) in [6.45, 7) is 2.26. The number of alkyl halides is 1. The summed E-state index contributed by atoms with van der Waals surface area (Å²) in [6, 6.07) is 6.89. The second kappa shape index (κ2) is 9.34. The molecular weight excluding hydrogens is 453 g/mol. The van der Waals surface area contributed by atoms with Crippen molar-refractivity contribution in [2.24, 2.45) is 0 Å². The lowest BCUT2D eigenvalue weighted by molar-refractivity contribution is 0.0949. The number of hydrogen-bond donors (Lipinski definition) is 3. The molecule has 12 heteroatoms. The summed E-state index contributed by atoms with van der Waals surface area (Å²) in [5.41, 5.74) is 0.679. The van der Waals surface area contributed by atoms with E-state index in [0.29, 0.717) is 43.3 Å². The Morgan fingerprint density at radius 2 is 2.23 bits per heavy atom. The average Bonchev–Trinajstić information content (AvgIpc) is 3.23. The van der Waals surface area contributed by atoms with Crippen LogP contribution in [0.15, 0.2) is 35.4 Å². The molecule has 182 valence electrons. The monoisotopic (exact) mass is 479 g/mol. The van der Waals surface area contributed by atoms with Gasteiger partial charge in [-0.15, -0.1) is 0 Å². The SMILES string of the molecule is CNc1cc(Nc2cccn([C@H]3CCN(CCC#N)C3)c2=O)nc2c(C(=O)N[C@@H]3C[C@@H]3F)cnn12. The topological polar surface area (TPSA) is 132 Å². The molecular formula is C23H26FN9O2. The van der Waals surface area contributed by atoms with Gasteiger partial charge in [-0.1, -0.05) is 0 Å². The largest absolute Gasteiger partial charge is 0.373 e. The summed E-state index contributed by atoms with van der Waals surface area (Å²) < 4.78 is 16.5. The van der Waals surface area contributed by atoms with E-state index in [2.05, 4.69) is 37.0 Å². The number of nitrogens with one attached hydrogen (secondary N) is 3. The Hall–Kier alpha value is -3.98. The minimum atomic E-state index is -1.02. The van der Waals surface area contributed by atoms with Crippen LogP contribution in [-0.2, 0) is 0 Å². The molecule has 0 bridgehead atoms. The number of rotatable bonds is 8. The first-order chi connectivity index (χ1) is 17.0. The number of carbonyl (C=O) groups excluding carboxylic acids is 1. The summed E-state index contributed by atoms with van der Waals surface area (Å²) in [6.07, 6.45) is 3.76. The van der Waals surface area contributed by atoms with Gasteiger partial charge in [0, 0.05) is 51.8 Å². The fraction of sp³-hybridized carbons (Fsp3) is 0.435. The molecule has 11 nitrogen and oxygen atoms in total. The number of likely N-dealkylation sites (tertiary alicyclic amines) is 1. The standard InChI is InChI=1S/C23H26FN9O2/c1-26-20-11-19(30-21-15(12-27-33(20)21)22(34)29-18-10-16(18)24)28-17-4-2-8-32(23(17)35)14-5-9-31(13-14)7-3-6-25/h2,4,8,11-12,14,16,18,26H,3,5,7,9-10,13H2,1H3,(H,28,30)(H,29,34)/t14-,16-,18+/m0/s1. The summed E-state index contributed by atoms with van der Waals surface area (Å²) in [7, 11) is 1.71. The van der Waals surface area contributed by atoms with Gasteiger partial charge in [0.15, 0.2) is 5.65 Å². The first-order valence-corrected chi connectivity index (χ1v) is 11.6. The van der Waals surface area contributed by atoms with Crippen LogP contribution in [0, 0.1) is 11.3 Å². The van der Waals surface area contributed by atoms with Crippen LogP contribution in [-0.4, -0.2) is 68.9 Å². The molecule has 1 aliphatic carbocycles. The van der Waals surface area contributed by atoms with Crippen molar-refractivity contribution in [2.45, 2.75) is 37.5 Å². The highest BCUT2D eigenvalue weighted by atomic mass is 19.1. The molecule has 5 rings (SSSR count). The third-order valence-corrected chi connectivity index (χ3v) is 6.42. The molecule has 3 atom stereocenters. The normalized spacial score (nSPS) is 21.6. The number of fused-ring (bicyclic) bond motifs is 1. The van der Waals surface area contributed by atoms with Gasteiger partial charge in [-0.2, -0.15) is 14.9 Å². The maximum Gasteiger partial charge on any atom is 0.274 e. The van der Waals surface area contributed by atoms with Crippen molar-refractivity contribution in [1.82, 2.24) is 29.4 Å². The van der Waals surface area contributed by atoms with Crippen molar-refractivity contribution in [3.63, 3.8) is 0 Å². The van der Waals surface area contributed by atoms with Crippen LogP contribution >= 0.6 is 0 Å². The van der Waals surface area contributed by atoms with Gasteiger partial charge < -0.3 is 25.4 Å². The van der Waals surface area contributed by atoms with E-state index in [4.69, 9.17) is 5.26 Å². The van der Waals surface area contributed by atoms with Gasteiger partial charge in [-0.3, -0.25) is 9.59 Å². The zero-order chi connectivity index (χ0) is 24.5. The second-order valence-electron chi connectivity index (χ2n) is 8.81. The minimum absolute atomic E-state index is 0.0260. The molecule has 35 heavy (non-hydrogen) atoms. The van der Waals surface area contributed by atoms with E-state index < -0.39 is 18.1 Å². The number of pyridine rings is 1. The predicted molar refractivity (Wildman–Crippen MR) is 128 cm³/mol. The molecule has 0 spiro atoms. The first-order valence-electron chi connectivity index (χ1n) is 11.6. The summed E-state index contributed by atoms with van der Waals surface area (Å²) >= 11 is 0. The maximum absolute atomic E-state index is 13.3. The van der Waals surface area contributed by atoms with E-state index >= 15 is 0 Å². The Morgan fingerprint density at radius 3 is 2.97 bits per heavy atom. The van der Waals surface area contributed by atoms with Crippen molar-refractivity contribution in [2.75, 3.05) is 37.3 Å². The van der Waals surface area contributed by atoms with Crippen LogP contribution in [0.4, 0.5) is 21.7 Å². The summed E-state index contributed by atoms with van der Waals surface area (Å²) in [5.74, 6) is 0.482. The van der Waals surface area contributed by atoms with Crippen LogP contribution in [0.1, 0.15) is 35.7 Å². The molecule has 0 unspecified atom stereocenters. The zero-order valence-corrected chi connectivity index (χ0v) is 19.2. The Labute approximate surface area is 200 Å². The number of anilines is 3. The van der Waals surface area contributed by atoms with Crippen LogP contribution < -0.4 is 21.5 Å². The van der Waals surface area contributed by atoms with Crippen molar-refractivity contribution in [3.05, 3.63) is 46.5 Å². The zero-order valence-electron chi connectivity index (χ0n) is 19.2. The molecule has 1 aliphatic heterocycles. The number of carbonyl (C=O) groups is 1. The van der Waals surface area contributed by atoms with Gasteiger partial charge in [0.1, 0.15) is 29.1 Å². The maximum atomic E-state index is 13.3. The van der Waals surface area contributed by atoms with Gasteiger partial charge in [0.25, 0.3) is 11.5 Å². The fourth-order valence-electron chi connectivity index (χ4n) is 4.41. The van der Waals surface area contributed by atoms with Gasteiger partial charge in [0.2, 0.25) is 0 Å². The molecule has 1 saturated heterocycles. The molecule has 1 saturated carbocycles. The highest BCUT2D eigenvalue weighted by Crippen LogP contribution is 2.27. The van der Waals surface area contributed by atoms with Crippen molar-refractivity contribution in [3.8, 4) is 6.07 Å². The molecule has 1 amide bonds. The first kappa shape index (κ1) is 22.8. The number of halogens is 1. The van der Waals surface area contributed by atoms with Crippen LogP contribution in [0.3, 0.4) is 0 Å². The molecule has 0 aromatic carbocycles. The quantitative estimate of drug-likeness (QED) is 0.445. The van der Waals surface area contributed by atoms with E-state index in [1.807, 2.05) is 0 Å². The summed E-state index contributed by atoms with van der Waals surface area (Å²) in [5, 5.41) is 21.8. The number of hydrogen-bond acceptors (Lipinski definition) is 8. The Kier molecular flexibility index (Phi) is 6.08. The molecule has 4 heterocycles. The highest BCUT2D eigenvalue weighted by Gasteiger charge is 2.39. The van der Waals surface area contributed by atoms with Crippen LogP contribution in [0.5, 0.6) is 0 Å². The molecule has 3 aromatic rings. The van der Waals surface area contributed by atoms with E-state index in [1.54, 1.807) is 36.0 Å². The number of aromatic nitrogens is 4. The van der Waals surface area contributed by atoms with Crippen LogP contribution in [0.25, 0.3) is 5.65 Å². The Morgan fingerprint density at radius 1 is 1.40 bits per heavy atom. The Bertz CT molecular complexity index is 1360. The van der Waals surface area contributed by atoms with Gasteiger partial charge in [0.05, 0.1) is 24.3 Å². The highest BCUT2D eigenvalue weighted by molar-refractivity contribution is 6.00. The van der Waals surface area contributed by atoms with Crippen molar-refractivity contribution < 1.29 is 9.18 Å². The molecule has 2 fully saturated rings. The molecule has 2 aliphatic rings. The molecule has 3 aromatic heterocycles. The van der Waals surface area contributed by atoms with Gasteiger partial charge in [-0.05, 0) is 18.6 Å². The predicted octanol–water partition coefficient (Wildman–Crippen LogP) is 1.68. The number of nitriles is 1. The molecule has 3 N–H and O–H groups in total. The lowest BCUT2D eigenvalue weighted by Crippen LogP contribution is -2.29. The molecule has 0 radical (unpaired) electrons. The Balaban J connectivity index is 1.41. The van der Waals surface area contributed by atoms with Gasteiger partial charge >= 0.3 is 0 Å². The van der Waals surface area contributed by atoms with Crippen LogP contribution in [0.2, 0.25) is 0 Å². The number of nitrogens with zero attached hydrogens (tertiary/aromatic N) is 6. The van der Waals surface area contributed by atoms with Gasteiger partial charge in [-0.25, -0.2) is 9.37 Å². The minimum Gasteiger partial charge on any atom is -0.373 e. The third kappa shape index (κ3) is 4.54. The second-order valence-corrected chi connectivity index (χ2v) is 8.81. The average molecular weight is 480 g/mol. The van der Waals surface area contributed by atoms with E-state index in [1.165, 1.54) is 10.7 Å². The van der Waals surface area contributed by atoms with Crippen molar-refractivity contribution in [1.29, 1.82) is 5.26 Å². The smallest absolute Gasteiger partial charge is 0.274 e. The third-order valence-electron chi connectivity index (χ3n) is 6.42.